The Hall–Kier alpha value is -0.130. The quantitative estimate of drug-likeness (QED) is 0.654. The zero-order valence-electron chi connectivity index (χ0n) is 10.9. The van der Waals surface area contributed by atoms with Gasteiger partial charge in [0.1, 0.15) is 0 Å². The van der Waals surface area contributed by atoms with E-state index in [4.69, 9.17) is 0 Å². The van der Waals surface area contributed by atoms with Crippen LogP contribution in [0.5, 0.6) is 0 Å². The van der Waals surface area contributed by atoms with E-state index < -0.39 is 10.0 Å². The highest BCUT2D eigenvalue weighted by atomic mass is 32.2. The van der Waals surface area contributed by atoms with Crippen molar-refractivity contribution >= 4 is 10.0 Å². The summed E-state index contributed by atoms with van der Waals surface area (Å²) in [6.07, 6.45) is 7.45. The first kappa shape index (κ1) is 14.9. The molecule has 0 radical (unpaired) electrons. The van der Waals surface area contributed by atoms with Gasteiger partial charge in [0.25, 0.3) is 0 Å². The fourth-order valence-electron chi connectivity index (χ4n) is 2.14. The molecule has 102 valence electrons. The summed E-state index contributed by atoms with van der Waals surface area (Å²) in [6.45, 7) is 3.74. The lowest BCUT2D eigenvalue weighted by atomic mass is 10.0. The minimum absolute atomic E-state index is 0.261. The first-order valence-corrected chi connectivity index (χ1v) is 8.50. The van der Waals surface area contributed by atoms with Gasteiger partial charge in [0.05, 0.1) is 5.75 Å². The number of piperidine rings is 1. The van der Waals surface area contributed by atoms with Crippen molar-refractivity contribution in [2.24, 2.45) is 0 Å². The van der Waals surface area contributed by atoms with E-state index in [0.29, 0.717) is 12.6 Å². The van der Waals surface area contributed by atoms with Crippen LogP contribution in [0.2, 0.25) is 0 Å². The highest BCUT2D eigenvalue weighted by molar-refractivity contribution is 7.89. The summed E-state index contributed by atoms with van der Waals surface area (Å²) in [7, 11) is -3.05. The first-order chi connectivity index (χ1) is 8.14. The highest BCUT2D eigenvalue weighted by Crippen LogP contribution is 2.10. The molecule has 4 nitrogen and oxygen atoms in total. The number of unbranched alkanes of at least 4 members (excludes halogenated alkanes) is 2. The second-order valence-corrected chi connectivity index (χ2v) is 6.78. The average Bonchev–Trinajstić information content (AvgIpc) is 2.34. The summed E-state index contributed by atoms with van der Waals surface area (Å²) in [5.41, 5.74) is 0. The molecule has 0 aromatic heterocycles. The van der Waals surface area contributed by atoms with Crippen LogP contribution in [0, 0.1) is 0 Å². The number of hydrogen-bond acceptors (Lipinski definition) is 3. The molecule has 0 saturated carbocycles. The monoisotopic (exact) mass is 262 g/mol. The Balaban J connectivity index is 2.14. The van der Waals surface area contributed by atoms with Gasteiger partial charge >= 0.3 is 0 Å². The molecular formula is C12H26N2O2S. The van der Waals surface area contributed by atoms with Crippen molar-refractivity contribution in [1.29, 1.82) is 0 Å². The molecule has 1 fully saturated rings. The maximum absolute atomic E-state index is 11.7. The van der Waals surface area contributed by atoms with Crippen LogP contribution >= 0.6 is 0 Å². The van der Waals surface area contributed by atoms with Gasteiger partial charge in [-0.1, -0.05) is 26.2 Å². The van der Waals surface area contributed by atoms with E-state index in [1.807, 2.05) is 0 Å². The van der Waals surface area contributed by atoms with E-state index in [2.05, 4.69) is 17.0 Å². The van der Waals surface area contributed by atoms with Crippen LogP contribution in [0.3, 0.4) is 0 Å². The summed E-state index contributed by atoms with van der Waals surface area (Å²) in [5.74, 6) is 0.261. The summed E-state index contributed by atoms with van der Waals surface area (Å²) in [4.78, 5) is 0. The Morgan fingerprint density at radius 1 is 1.29 bits per heavy atom. The Labute approximate surface area is 106 Å². The van der Waals surface area contributed by atoms with Crippen molar-refractivity contribution in [3.8, 4) is 0 Å². The van der Waals surface area contributed by atoms with Crippen molar-refractivity contribution in [1.82, 2.24) is 10.0 Å². The lowest BCUT2D eigenvalue weighted by molar-refractivity contribution is 0.392. The molecule has 0 aromatic carbocycles. The molecule has 0 spiro atoms. The maximum atomic E-state index is 11.7. The number of rotatable bonds is 8. The van der Waals surface area contributed by atoms with Crippen LogP contribution in [0.4, 0.5) is 0 Å². The molecule has 0 aliphatic carbocycles. The van der Waals surface area contributed by atoms with Crippen molar-refractivity contribution in [3.05, 3.63) is 0 Å². The van der Waals surface area contributed by atoms with E-state index in [1.165, 1.54) is 12.8 Å². The fourth-order valence-corrected chi connectivity index (χ4v) is 3.34. The third-order valence-corrected chi connectivity index (χ3v) is 4.67. The zero-order valence-corrected chi connectivity index (χ0v) is 11.7. The van der Waals surface area contributed by atoms with Crippen molar-refractivity contribution in [2.75, 3.05) is 18.8 Å². The second kappa shape index (κ2) is 8.06. The SMILES string of the molecule is CCCCCNS(=O)(=O)CCC1CCCCN1. The minimum atomic E-state index is -3.05. The summed E-state index contributed by atoms with van der Waals surface area (Å²) in [6, 6.07) is 0.399. The van der Waals surface area contributed by atoms with E-state index >= 15 is 0 Å². The van der Waals surface area contributed by atoms with Crippen LogP contribution in [-0.2, 0) is 10.0 Å². The molecule has 0 aromatic rings. The predicted molar refractivity (Wildman–Crippen MR) is 71.6 cm³/mol. The van der Waals surface area contributed by atoms with Crippen LogP contribution in [0.15, 0.2) is 0 Å². The molecule has 1 rings (SSSR count). The third-order valence-electron chi connectivity index (χ3n) is 3.25. The van der Waals surface area contributed by atoms with E-state index in [-0.39, 0.29) is 5.75 Å². The maximum Gasteiger partial charge on any atom is 0.211 e. The van der Waals surface area contributed by atoms with Gasteiger partial charge in [0, 0.05) is 12.6 Å². The number of sulfonamides is 1. The lowest BCUT2D eigenvalue weighted by Crippen LogP contribution is -2.37. The standard InChI is InChI=1S/C12H26N2O2S/c1-2-3-5-10-14-17(15,16)11-8-12-7-4-6-9-13-12/h12-14H,2-11H2,1H3. The Bertz CT molecular complexity index is 285. The molecule has 1 aliphatic rings. The molecule has 1 unspecified atom stereocenters. The Kier molecular flexibility index (Phi) is 7.08. The van der Waals surface area contributed by atoms with Crippen LogP contribution < -0.4 is 10.0 Å². The second-order valence-electron chi connectivity index (χ2n) is 4.86. The molecule has 0 bridgehead atoms. The lowest BCUT2D eigenvalue weighted by Gasteiger charge is -2.23. The molecular weight excluding hydrogens is 236 g/mol. The Morgan fingerprint density at radius 3 is 2.76 bits per heavy atom. The van der Waals surface area contributed by atoms with Gasteiger partial charge in [-0.15, -0.1) is 0 Å². The molecule has 1 atom stereocenters. The first-order valence-electron chi connectivity index (χ1n) is 6.85. The van der Waals surface area contributed by atoms with Crippen molar-refractivity contribution in [2.45, 2.75) is 57.9 Å². The van der Waals surface area contributed by atoms with Crippen LogP contribution in [0.25, 0.3) is 0 Å². The fraction of sp³-hybridized carbons (Fsp3) is 1.00. The topological polar surface area (TPSA) is 58.2 Å². The molecule has 5 heteroatoms. The number of hydrogen-bond donors (Lipinski definition) is 2. The van der Waals surface area contributed by atoms with Gasteiger partial charge < -0.3 is 5.32 Å². The third kappa shape index (κ3) is 7.01. The van der Waals surface area contributed by atoms with Gasteiger partial charge in [-0.2, -0.15) is 0 Å². The van der Waals surface area contributed by atoms with Gasteiger partial charge in [-0.25, -0.2) is 13.1 Å². The highest BCUT2D eigenvalue weighted by Gasteiger charge is 2.16. The zero-order chi connectivity index (χ0) is 12.6. The van der Waals surface area contributed by atoms with E-state index in [1.54, 1.807) is 0 Å². The number of nitrogens with one attached hydrogen (secondary N) is 2. The molecule has 2 N–H and O–H groups in total. The molecule has 1 saturated heterocycles. The Morgan fingerprint density at radius 2 is 2.12 bits per heavy atom. The van der Waals surface area contributed by atoms with Gasteiger partial charge in [-0.05, 0) is 32.2 Å². The van der Waals surface area contributed by atoms with Gasteiger partial charge in [0.2, 0.25) is 10.0 Å². The van der Waals surface area contributed by atoms with E-state index in [0.717, 1.165) is 38.6 Å². The van der Waals surface area contributed by atoms with E-state index in [9.17, 15) is 8.42 Å². The van der Waals surface area contributed by atoms with Crippen LogP contribution in [-0.4, -0.2) is 33.3 Å². The average molecular weight is 262 g/mol. The normalized spacial score (nSPS) is 21.6. The summed E-state index contributed by atoms with van der Waals surface area (Å²) in [5, 5.41) is 3.38. The minimum Gasteiger partial charge on any atom is -0.314 e. The largest absolute Gasteiger partial charge is 0.314 e. The van der Waals surface area contributed by atoms with Gasteiger partial charge in [0.15, 0.2) is 0 Å². The molecule has 1 aliphatic heterocycles. The predicted octanol–water partition coefficient (Wildman–Crippen LogP) is 1.63. The molecule has 1 heterocycles. The smallest absolute Gasteiger partial charge is 0.211 e. The summed E-state index contributed by atoms with van der Waals surface area (Å²) >= 11 is 0. The van der Waals surface area contributed by atoms with Crippen molar-refractivity contribution < 1.29 is 8.42 Å². The van der Waals surface area contributed by atoms with Crippen LogP contribution in [0.1, 0.15) is 51.9 Å². The summed E-state index contributed by atoms with van der Waals surface area (Å²) < 4.78 is 26.1. The van der Waals surface area contributed by atoms with Gasteiger partial charge in [-0.3, -0.25) is 0 Å². The molecule has 17 heavy (non-hydrogen) atoms. The molecule has 0 amide bonds. The van der Waals surface area contributed by atoms with Crippen molar-refractivity contribution in [3.63, 3.8) is 0 Å².